The van der Waals surface area contributed by atoms with Crippen molar-refractivity contribution in [2.45, 2.75) is 12.5 Å². The van der Waals surface area contributed by atoms with Gasteiger partial charge in [-0.25, -0.2) is 13.4 Å². The Hall–Kier alpha value is -2.80. The number of sulfone groups is 1. The maximum atomic E-state index is 12.9. The van der Waals surface area contributed by atoms with E-state index in [0.29, 0.717) is 23.2 Å². The third-order valence-electron chi connectivity index (χ3n) is 4.50. The summed E-state index contributed by atoms with van der Waals surface area (Å²) in [6, 6.07) is 12.5. The van der Waals surface area contributed by atoms with E-state index in [1.165, 1.54) is 0 Å². The molecule has 1 atom stereocenters. The van der Waals surface area contributed by atoms with E-state index in [9.17, 15) is 13.2 Å². The lowest BCUT2D eigenvalue weighted by Crippen LogP contribution is -2.35. The van der Waals surface area contributed by atoms with Crippen LogP contribution in [0, 0.1) is 0 Å². The highest BCUT2D eigenvalue weighted by Crippen LogP contribution is 2.25. The number of nitrogens with zero attached hydrogens (tertiary/aromatic N) is 2. The standard InChI is InChI=1S/C19H17N3O3S/c23-19(21-14-7-10-26(24,25)12-14)16-11-18(13-5-8-20-9-6-13)22-17-4-2-1-3-15(16)17/h1-6,8-9,11,14H,7,10,12H2,(H,21,23)/t14-/m1/s1. The van der Waals surface area contributed by atoms with Gasteiger partial charge in [-0.05, 0) is 30.7 Å². The van der Waals surface area contributed by atoms with Crippen molar-refractivity contribution in [2.75, 3.05) is 11.5 Å². The third-order valence-corrected chi connectivity index (χ3v) is 6.27. The van der Waals surface area contributed by atoms with Crippen LogP contribution in [0.3, 0.4) is 0 Å². The minimum atomic E-state index is -3.05. The van der Waals surface area contributed by atoms with E-state index < -0.39 is 9.84 Å². The van der Waals surface area contributed by atoms with E-state index in [0.717, 1.165) is 10.9 Å². The maximum absolute atomic E-state index is 12.9. The smallest absolute Gasteiger partial charge is 0.252 e. The molecule has 7 heteroatoms. The molecule has 1 N–H and O–H groups in total. The van der Waals surface area contributed by atoms with Crippen LogP contribution in [0.1, 0.15) is 16.8 Å². The first-order valence-corrected chi connectivity index (χ1v) is 10.2. The van der Waals surface area contributed by atoms with Gasteiger partial charge in [0.15, 0.2) is 9.84 Å². The summed E-state index contributed by atoms with van der Waals surface area (Å²) in [5, 5.41) is 3.60. The van der Waals surface area contributed by atoms with Gasteiger partial charge in [0.2, 0.25) is 0 Å². The monoisotopic (exact) mass is 367 g/mol. The zero-order valence-corrected chi connectivity index (χ0v) is 14.7. The highest BCUT2D eigenvalue weighted by molar-refractivity contribution is 7.91. The van der Waals surface area contributed by atoms with Gasteiger partial charge in [-0.15, -0.1) is 0 Å². The number of pyridine rings is 2. The largest absolute Gasteiger partial charge is 0.348 e. The molecular weight excluding hydrogens is 350 g/mol. The number of benzene rings is 1. The highest BCUT2D eigenvalue weighted by Gasteiger charge is 2.29. The van der Waals surface area contributed by atoms with E-state index in [1.54, 1.807) is 18.5 Å². The van der Waals surface area contributed by atoms with Gasteiger partial charge in [0.25, 0.3) is 5.91 Å². The minimum Gasteiger partial charge on any atom is -0.348 e. The van der Waals surface area contributed by atoms with E-state index in [1.807, 2.05) is 36.4 Å². The Balaban J connectivity index is 1.74. The van der Waals surface area contributed by atoms with Crippen LogP contribution in [0.15, 0.2) is 54.9 Å². The van der Waals surface area contributed by atoms with Crippen molar-refractivity contribution < 1.29 is 13.2 Å². The molecule has 2 aromatic heterocycles. The first kappa shape index (κ1) is 16.7. The number of para-hydroxylation sites is 1. The van der Waals surface area contributed by atoms with E-state index >= 15 is 0 Å². The van der Waals surface area contributed by atoms with Crippen LogP contribution < -0.4 is 5.32 Å². The summed E-state index contributed by atoms with van der Waals surface area (Å²) in [5.74, 6) is -0.156. The van der Waals surface area contributed by atoms with Crippen molar-refractivity contribution in [2.24, 2.45) is 0 Å². The molecule has 0 radical (unpaired) electrons. The molecule has 1 aliphatic rings. The van der Waals surface area contributed by atoms with Crippen LogP contribution in [-0.4, -0.2) is 41.8 Å². The summed E-state index contributed by atoms with van der Waals surface area (Å²) < 4.78 is 23.3. The summed E-state index contributed by atoms with van der Waals surface area (Å²) in [7, 11) is -3.05. The fraction of sp³-hybridized carbons (Fsp3) is 0.211. The fourth-order valence-electron chi connectivity index (χ4n) is 3.21. The molecule has 4 rings (SSSR count). The Morgan fingerprint density at radius 1 is 1.12 bits per heavy atom. The maximum Gasteiger partial charge on any atom is 0.252 e. The third kappa shape index (κ3) is 3.30. The van der Waals surface area contributed by atoms with Crippen LogP contribution in [0.5, 0.6) is 0 Å². The van der Waals surface area contributed by atoms with Crippen molar-refractivity contribution in [1.29, 1.82) is 0 Å². The number of aromatic nitrogens is 2. The second-order valence-electron chi connectivity index (χ2n) is 6.38. The Morgan fingerprint density at radius 3 is 2.62 bits per heavy atom. The Labute approximate surface area is 151 Å². The van der Waals surface area contributed by atoms with Crippen molar-refractivity contribution in [1.82, 2.24) is 15.3 Å². The first-order valence-electron chi connectivity index (χ1n) is 8.33. The van der Waals surface area contributed by atoms with Crippen molar-refractivity contribution in [3.05, 3.63) is 60.4 Å². The molecule has 0 bridgehead atoms. The van der Waals surface area contributed by atoms with Gasteiger partial charge in [0.05, 0.1) is 28.3 Å². The number of nitrogens with one attached hydrogen (secondary N) is 1. The number of fused-ring (bicyclic) bond motifs is 1. The van der Waals surface area contributed by atoms with Gasteiger partial charge >= 0.3 is 0 Å². The van der Waals surface area contributed by atoms with Crippen LogP contribution in [0.4, 0.5) is 0 Å². The molecule has 3 heterocycles. The topological polar surface area (TPSA) is 89.0 Å². The second-order valence-corrected chi connectivity index (χ2v) is 8.61. The average Bonchev–Trinajstić information content (AvgIpc) is 2.99. The summed E-state index contributed by atoms with van der Waals surface area (Å²) in [6.07, 6.45) is 3.80. The molecule has 0 unspecified atom stereocenters. The van der Waals surface area contributed by atoms with Gasteiger partial charge < -0.3 is 5.32 Å². The molecule has 26 heavy (non-hydrogen) atoms. The summed E-state index contributed by atoms with van der Waals surface area (Å²) in [4.78, 5) is 21.5. The molecule has 1 saturated heterocycles. The number of rotatable bonds is 3. The zero-order chi connectivity index (χ0) is 18.1. The number of carbonyl (C=O) groups excluding carboxylic acids is 1. The Kier molecular flexibility index (Phi) is 4.16. The second kappa shape index (κ2) is 6.49. The normalized spacial score (nSPS) is 18.7. The molecular formula is C19H17N3O3S. The molecule has 0 aliphatic carbocycles. The number of hydrogen-bond acceptors (Lipinski definition) is 5. The minimum absolute atomic E-state index is 0.00102. The predicted molar refractivity (Wildman–Crippen MR) is 99.5 cm³/mol. The zero-order valence-electron chi connectivity index (χ0n) is 13.9. The number of amides is 1. The SMILES string of the molecule is O=C(N[C@@H]1CCS(=O)(=O)C1)c1cc(-c2ccncc2)nc2ccccc12. The lowest BCUT2D eigenvalue weighted by atomic mass is 10.0. The molecule has 1 aromatic carbocycles. The van der Waals surface area contributed by atoms with Gasteiger partial charge in [-0.1, -0.05) is 18.2 Å². The van der Waals surface area contributed by atoms with Gasteiger partial charge in [0, 0.05) is 29.4 Å². The van der Waals surface area contributed by atoms with E-state index in [-0.39, 0.29) is 23.5 Å². The first-order chi connectivity index (χ1) is 12.5. The molecule has 132 valence electrons. The number of carbonyl (C=O) groups is 1. The van der Waals surface area contributed by atoms with Gasteiger partial charge in [-0.3, -0.25) is 9.78 Å². The van der Waals surface area contributed by atoms with Gasteiger partial charge in [-0.2, -0.15) is 0 Å². The summed E-state index contributed by atoms with van der Waals surface area (Å²) in [5.41, 5.74) is 2.75. The quantitative estimate of drug-likeness (QED) is 0.767. The lowest BCUT2D eigenvalue weighted by molar-refractivity contribution is 0.0943. The summed E-state index contributed by atoms with van der Waals surface area (Å²) >= 11 is 0. The number of hydrogen-bond donors (Lipinski definition) is 1. The molecule has 0 spiro atoms. The van der Waals surface area contributed by atoms with Crippen LogP contribution in [0.25, 0.3) is 22.2 Å². The van der Waals surface area contributed by atoms with Crippen molar-refractivity contribution in [3.8, 4) is 11.3 Å². The van der Waals surface area contributed by atoms with E-state index in [2.05, 4.69) is 15.3 Å². The molecule has 6 nitrogen and oxygen atoms in total. The Morgan fingerprint density at radius 2 is 1.88 bits per heavy atom. The lowest BCUT2D eigenvalue weighted by Gasteiger charge is -2.13. The highest BCUT2D eigenvalue weighted by atomic mass is 32.2. The average molecular weight is 367 g/mol. The predicted octanol–water partition coefficient (Wildman–Crippen LogP) is 2.21. The molecule has 1 amide bonds. The summed E-state index contributed by atoms with van der Waals surface area (Å²) in [6.45, 7) is 0. The van der Waals surface area contributed by atoms with Crippen LogP contribution in [0.2, 0.25) is 0 Å². The molecule has 0 saturated carbocycles. The van der Waals surface area contributed by atoms with Crippen molar-refractivity contribution in [3.63, 3.8) is 0 Å². The van der Waals surface area contributed by atoms with Crippen molar-refractivity contribution >= 4 is 26.6 Å². The van der Waals surface area contributed by atoms with Crippen LogP contribution in [-0.2, 0) is 9.84 Å². The molecule has 1 aliphatic heterocycles. The van der Waals surface area contributed by atoms with Crippen LogP contribution >= 0.6 is 0 Å². The Bertz CT molecular complexity index is 1080. The molecule has 1 fully saturated rings. The fourth-order valence-corrected chi connectivity index (χ4v) is 4.88. The van der Waals surface area contributed by atoms with E-state index in [4.69, 9.17) is 0 Å². The molecule has 3 aromatic rings. The van der Waals surface area contributed by atoms with Gasteiger partial charge in [0.1, 0.15) is 0 Å².